The summed E-state index contributed by atoms with van der Waals surface area (Å²) in [5, 5.41) is 20.5. The molecule has 6 aromatic rings. The Labute approximate surface area is 379 Å². The molecule has 13 heteroatoms. The number of piperidine rings is 1. The number of hydrogen-bond donors (Lipinski definition) is 5. The molecule has 0 bridgehead atoms. The van der Waals surface area contributed by atoms with E-state index in [0.717, 1.165) is 63.3 Å². The number of ether oxygens (including phenoxy) is 2. The van der Waals surface area contributed by atoms with Crippen LogP contribution >= 0.6 is 0 Å². The zero-order chi connectivity index (χ0) is 45.7. The summed E-state index contributed by atoms with van der Waals surface area (Å²) in [5.41, 5.74) is 7.43. The van der Waals surface area contributed by atoms with E-state index in [0.29, 0.717) is 62.9 Å². The van der Waals surface area contributed by atoms with Gasteiger partial charge in [0.15, 0.2) is 0 Å². The van der Waals surface area contributed by atoms with E-state index in [1.54, 1.807) is 31.2 Å². The molecule has 3 amide bonds. The van der Waals surface area contributed by atoms with Gasteiger partial charge in [-0.2, -0.15) is 0 Å². The predicted molar refractivity (Wildman–Crippen MR) is 256 cm³/mol. The molecule has 5 N–H and O–H groups in total. The van der Waals surface area contributed by atoms with Gasteiger partial charge in [0.25, 0.3) is 0 Å². The monoisotopic (exact) mass is 878 g/mol. The second-order valence-corrected chi connectivity index (χ2v) is 16.6. The molecular formula is C52H58N6O7. The Morgan fingerprint density at radius 2 is 1.62 bits per heavy atom. The maximum Gasteiger partial charge on any atom is 0.411 e. The van der Waals surface area contributed by atoms with Crippen molar-refractivity contribution in [3.05, 3.63) is 154 Å². The maximum absolute atomic E-state index is 13.2. The number of hydrogen-bond acceptors (Lipinski definition) is 9. The van der Waals surface area contributed by atoms with Crippen molar-refractivity contribution in [2.45, 2.75) is 64.1 Å². The van der Waals surface area contributed by atoms with Crippen molar-refractivity contribution in [3.63, 3.8) is 0 Å². The number of H-pyrrole nitrogens is 1. The molecule has 0 aliphatic carbocycles. The first-order valence-corrected chi connectivity index (χ1v) is 22.2. The number of aromatic hydroxyl groups is 1. The average Bonchev–Trinajstić information content (AvgIpc) is 3.32. The van der Waals surface area contributed by atoms with E-state index in [-0.39, 0.29) is 41.7 Å². The van der Waals surface area contributed by atoms with Gasteiger partial charge in [0, 0.05) is 68.4 Å². The van der Waals surface area contributed by atoms with Crippen LogP contribution in [0.2, 0.25) is 0 Å². The molecule has 5 aromatic carbocycles. The highest BCUT2D eigenvalue weighted by atomic mass is 16.6. The lowest BCUT2D eigenvalue weighted by molar-refractivity contribution is -0.120. The minimum absolute atomic E-state index is 0.00676. The Bertz CT molecular complexity index is 2630. The zero-order valence-corrected chi connectivity index (χ0v) is 37.3. The van der Waals surface area contributed by atoms with Gasteiger partial charge in [-0.25, -0.2) is 4.79 Å². The van der Waals surface area contributed by atoms with Crippen LogP contribution < -0.4 is 31.1 Å². The number of nitrogens with one attached hydrogen (secondary N) is 4. The van der Waals surface area contributed by atoms with Crippen molar-refractivity contribution >= 4 is 40.2 Å². The maximum atomic E-state index is 13.2. The molecule has 1 saturated heterocycles. The van der Waals surface area contributed by atoms with E-state index in [9.17, 15) is 24.3 Å². The summed E-state index contributed by atoms with van der Waals surface area (Å²) in [6.45, 7) is 5.24. The number of benzene rings is 5. The van der Waals surface area contributed by atoms with Crippen molar-refractivity contribution in [1.82, 2.24) is 20.5 Å². The van der Waals surface area contributed by atoms with Crippen LogP contribution in [-0.4, -0.2) is 85.4 Å². The number of fused-ring (bicyclic) bond motifs is 1. The molecule has 0 saturated carbocycles. The predicted octanol–water partition coefficient (Wildman–Crippen LogP) is 7.60. The van der Waals surface area contributed by atoms with E-state index in [1.165, 1.54) is 6.07 Å². The standard InChI is InChI=1S/C52H58N6O7/c1-35(53-27-23-39-16-20-46(59)51-44(39)19-22-48(60)56-51)31-40-32-37(15-21-47(40)64-3)33-49(61)54-34-36-13-17-41(18-14-36)57(2)50(62)26-30-58-28-24-42(25-29-58)65-52(63)55-45-12-8-7-11-43(45)38-9-5-4-6-10-38/h4-22,32,35,42,53,59H,23-31,33-34H2,1-3H3,(H,54,61)(H,55,63)(H,56,60). The smallest absolute Gasteiger partial charge is 0.411 e. The number of nitrogens with zero attached hydrogens (tertiary/aromatic N) is 2. The molecule has 1 atom stereocenters. The Balaban J connectivity index is 0.804. The summed E-state index contributed by atoms with van der Waals surface area (Å²) in [5.74, 6) is 0.712. The van der Waals surface area contributed by atoms with Gasteiger partial charge in [0.1, 0.15) is 17.6 Å². The second kappa shape index (κ2) is 22.1. The first-order valence-electron chi connectivity index (χ1n) is 22.2. The van der Waals surface area contributed by atoms with Gasteiger partial charge in [-0.1, -0.05) is 78.9 Å². The minimum Gasteiger partial charge on any atom is -0.506 e. The van der Waals surface area contributed by atoms with Crippen molar-refractivity contribution in [1.29, 1.82) is 0 Å². The molecule has 1 aliphatic rings. The van der Waals surface area contributed by atoms with Gasteiger partial charge in [0.05, 0.1) is 24.7 Å². The summed E-state index contributed by atoms with van der Waals surface area (Å²) in [6.07, 6.45) is 2.72. The van der Waals surface area contributed by atoms with Crippen LogP contribution in [0.25, 0.3) is 22.0 Å². The van der Waals surface area contributed by atoms with Crippen LogP contribution in [0.3, 0.4) is 0 Å². The van der Waals surface area contributed by atoms with E-state index < -0.39 is 6.09 Å². The molecule has 1 aliphatic heterocycles. The molecule has 1 fully saturated rings. The van der Waals surface area contributed by atoms with Gasteiger partial charge in [-0.15, -0.1) is 0 Å². The highest BCUT2D eigenvalue weighted by Gasteiger charge is 2.24. The third-order valence-corrected chi connectivity index (χ3v) is 12.0. The Morgan fingerprint density at radius 1 is 0.877 bits per heavy atom. The lowest BCUT2D eigenvalue weighted by Crippen LogP contribution is -2.40. The fourth-order valence-electron chi connectivity index (χ4n) is 8.33. The number of aromatic nitrogens is 1. The molecule has 65 heavy (non-hydrogen) atoms. The molecule has 0 spiro atoms. The summed E-state index contributed by atoms with van der Waals surface area (Å²) in [4.78, 5) is 57.5. The number of phenolic OH excluding ortho intramolecular Hbond substituents is 1. The van der Waals surface area contributed by atoms with Crippen LogP contribution in [0.4, 0.5) is 16.2 Å². The number of anilines is 2. The number of para-hydroxylation sites is 1. The van der Waals surface area contributed by atoms with Crippen LogP contribution in [-0.2, 0) is 40.1 Å². The highest BCUT2D eigenvalue weighted by Crippen LogP contribution is 2.29. The third kappa shape index (κ3) is 12.6. The molecule has 1 aromatic heterocycles. The summed E-state index contributed by atoms with van der Waals surface area (Å²) in [6, 6.07) is 37.8. The molecule has 7 rings (SSSR count). The number of phenols is 1. The number of carbonyl (C=O) groups excluding carboxylic acids is 3. The number of amides is 3. The second-order valence-electron chi connectivity index (χ2n) is 16.6. The fourth-order valence-corrected chi connectivity index (χ4v) is 8.33. The Kier molecular flexibility index (Phi) is 15.7. The summed E-state index contributed by atoms with van der Waals surface area (Å²) < 4.78 is 11.4. The third-order valence-electron chi connectivity index (χ3n) is 12.0. The molecule has 1 unspecified atom stereocenters. The first kappa shape index (κ1) is 46.0. The van der Waals surface area contributed by atoms with Gasteiger partial charge in [0.2, 0.25) is 17.4 Å². The van der Waals surface area contributed by atoms with E-state index in [4.69, 9.17) is 9.47 Å². The molecular weight excluding hydrogens is 821 g/mol. The van der Waals surface area contributed by atoms with Gasteiger partial charge < -0.3 is 40.0 Å². The van der Waals surface area contributed by atoms with Crippen LogP contribution in [0.1, 0.15) is 48.4 Å². The van der Waals surface area contributed by atoms with Crippen molar-refractivity contribution in [2.75, 3.05) is 50.6 Å². The molecule has 2 heterocycles. The number of rotatable bonds is 18. The number of carbonyl (C=O) groups is 3. The summed E-state index contributed by atoms with van der Waals surface area (Å²) >= 11 is 0. The number of pyridine rings is 1. The molecule has 338 valence electrons. The molecule has 0 radical (unpaired) electrons. The van der Waals surface area contributed by atoms with Gasteiger partial charge >= 0.3 is 6.09 Å². The van der Waals surface area contributed by atoms with Crippen LogP contribution in [0, 0.1) is 0 Å². The Hall–Kier alpha value is -6.96. The minimum atomic E-state index is -0.465. The zero-order valence-electron chi connectivity index (χ0n) is 37.3. The fraction of sp³-hybridized carbons (Fsp3) is 0.308. The van der Waals surface area contributed by atoms with Gasteiger partial charge in [-0.3, -0.25) is 19.7 Å². The van der Waals surface area contributed by atoms with Crippen molar-refractivity contribution in [2.24, 2.45) is 0 Å². The van der Waals surface area contributed by atoms with Crippen LogP contribution in [0.15, 0.2) is 126 Å². The lowest BCUT2D eigenvalue weighted by Gasteiger charge is -2.31. The molecule has 13 nitrogen and oxygen atoms in total. The van der Waals surface area contributed by atoms with Crippen molar-refractivity contribution in [3.8, 4) is 22.6 Å². The largest absolute Gasteiger partial charge is 0.506 e. The van der Waals surface area contributed by atoms with Crippen molar-refractivity contribution < 1.29 is 29.0 Å². The normalized spacial score (nSPS) is 13.5. The number of likely N-dealkylation sites (tertiary alicyclic amines) is 1. The lowest BCUT2D eigenvalue weighted by atomic mass is 10.0. The quantitative estimate of drug-likeness (QED) is 0.0585. The number of methoxy groups -OCH3 is 1. The van der Waals surface area contributed by atoms with E-state index in [1.807, 2.05) is 103 Å². The average molecular weight is 879 g/mol. The van der Waals surface area contributed by atoms with Gasteiger partial charge in [-0.05, 0) is 103 Å². The topological polar surface area (TPSA) is 165 Å². The van der Waals surface area contributed by atoms with E-state index >= 15 is 0 Å². The summed E-state index contributed by atoms with van der Waals surface area (Å²) in [7, 11) is 3.42. The van der Waals surface area contributed by atoms with E-state index in [2.05, 4.69) is 32.8 Å². The van der Waals surface area contributed by atoms with Crippen LogP contribution in [0.5, 0.6) is 11.5 Å². The Morgan fingerprint density at radius 3 is 2.38 bits per heavy atom. The first-order chi connectivity index (χ1) is 31.5. The highest BCUT2D eigenvalue weighted by molar-refractivity contribution is 5.93. The SMILES string of the molecule is COc1ccc(CC(=O)NCc2ccc(N(C)C(=O)CCN3CCC(OC(=O)Nc4ccccc4-c4ccccc4)CC3)cc2)cc1CC(C)NCCc1ccc(O)c2[nH]c(=O)ccc12. The number of aromatic amines is 1.